The van der Waals surface area contributed by atoms with E-state index in [1.807, 2.05) is 13.0 Å². The highest BCUT2D eigenvalue weighted by atomic mass is 16.2. The van der Waals surface area contributed by atoms with Gasteiger partial charge in [-0.25, -0.2) is 0 Å². The Morgan fingerprint density at radius 3 is 2.84 bits per heavy atom. The van der Waals surface area contributed by atoms with Crippen LogP contribution in [0.5, 0.6) is 0 Å². The molecule has 6 heteroatoms. The molecule has 0 aliphatic rings. The third kappa shape index (κ3) is 2.69. The first-order valence-electron chi connectivity index (χ1n) is 5.75. The number of rotatable bonds is 3. The number of carbonyl (C=O) groups excluding carboxylic acids is 1. The number of hydrogen-bond donors (Lipinski definition) is 2. The Morgan fingerprint density at radius 1 is 1.42 bits per heavy atom. The second kappa shape index (κ2) is 5.45. The molecule has 2 aromatic rings. The molecule has 0 aromatic carbocycles. The Balaban J connectivity index is 2.34. The monoisotopic (exact) mass is 257 g/mol. The lowest BCUT2D eigenvalue weighted by Gasteiger charge is -2.18. The maximum atomic E-state index is 12.4. The zero-order chi connectivity index (χ0) is 13.8. The molecule has 0 aliphatic heterocycles. The van der Waals surface area contributed by atoms with E-state index in [2.05, 4.69) is 15.4 Å². The van der Waals surface area contributed by atoms with E-state index in [0.717, 1.165) is 5.69 Å². The van der Waals surface area contributed by atoms with E-state index in [-0.39, 0.29) is 5.91 Å². The first-order valence-corrected chi connectivity index (χ1v) is 5.75. The quantitative estimate of drug-likeness (QED) is 0.640. The van der Waals surface area contributed by atoms with Crippen molar-refractivity contribution in [1.29, 1.82) is 0 Å². The summed E-state index contributed by atoms with van der Waals surface area (Å²) in [7, 11) is 1.68. The molecule has 2 rings (SSSR count). The average Bonchev–Trinajstić information content (AvgIpc) is 2.46. The summed E-state index contributed by atoms with van der Waals surface area (Å²) < 4.78 is 0. The lowest BCUT2D eigenvalue weighted by Crippen LogP contribution is -2.28. The maximum absolute atomic E-state index is 12.4. The van der Waals surface area contributed by atoms with E-state index < -0.39 is 0 Å². The molecule has 3 N–H and O–H groups in total. The van der Waals surface area contributed by atoms with E-state index in [1.165, 1.54) is 11.1 Å². The lowest BCUT2D eigenvalue weighted by molar-refractivity contribution is 0.0993. The van der Waals surface area contributed by atoms with Gasteiger partial charge in [0.05, 0.1) is 23.1 Å². The van der Waals surface area contributed by atoms with Crippen LogP contribution in [-0.4, -0.2) is 22.9 Å². The van der Waals surface area contributed by atoms with Gasteiger partial charge in [-0.1, -0.05) is 0 Å². The summed E-state index contributed by atoms with van der Waals surface area (Å²) in [6.07, 6.45) is 4.79. The molecule has 6 nitrogen and oxygen atoms in total. The van der Waals surface area contributed by atoms with Crippen molar-refractivity contribution in [3.63, 3.8) is 0 Å². The Hall–Kier alpha value is -2.47. The molecule has 0 unspecified atom stereocenters. The zero-order valence-corrected chi connectivity index (χ0v) is 10.8. The van der Waals surface area contributed by atoms with Gasteiger partial charge in [0.2, 0.25) is 0 Å². The largest absolute Gasteiger partial charge is 0.323 e. The SMILES string of the molecule is Cc1cc(NN)c(C(=O)N(C)c2cccnc2)cn1. The highest BCUT2D eigenvalue weighted by Crippen LogP contribution is 2.19. The van der Waals surface area contributed by atoms with E-state index in [1.54, 1.807) is 31.6 Å². The molecule has 0 saturated carbocycles. The van der Waals surface area contributed by atoms with Crippen molar-refractivity contribution in [2.24, 2.45) is 5.84 Å². The number of pyridine rings is 2. The highest BCUT2D eigenvalue weighted by Gasteiger charge is 2.17. The highest BCUT2D eigenvalue weighted by molar-refractivity contribution is 6.08. The number of nitrogens with two attached hydrogens (primary N) is 1. The van der Waals surface area contributed by atoms with Crippen molar-refractivity contribution in [2.75, 3.05) is 17.4 Å². The van der Waals surface area contributed by atoms with Crippen LogP contribution in [0, 0.1) is 6.92 Å². The lowest BCUT2D eigenvalue weighted by atomic mass is 10.2. The van der Waals surface area contributed by atoms with Crippen LogP contribution in [0.15, 0.2) is 36.8 Å². The molecular weight excluding hydrogens is 242 g/mol. The van der Waals surface area contributed by atoms with Crippen LogP contribution in [0.4, 0.5) is 11.4 Å². The third-order valence-corrected chi connectivity index (χ3v) is 2.76. The normalized spacial score (nSPS) is 10.1. The summed E-state index contributed by atoms with van der Waals surface area (Å²) in [6, 6.07) is 5.31. The van der Waals surface area contributed by atoms with Gasteiger partial charge in [0, 0.05) is 25.1 Å². The fraction of sp³-hybridized carbons (Fsp3) is 0.154. The van der Waals surface area contributed by atoms with E-state index in [4.69, 9.17) is 5.84 Å². The number of nitrogens with zero attached hydrogens (tertiary/aromatic N) is 3. The van der Waals surface area contributed by atoms with Gasteiger partial charge in [-0.3, -0.25) is 20.6 Å². The van der Waals surface area contributed by atoms with E-state index >= 15 is 0 Å². The Kier molecular flexibility index (Phi) is 3.72. The minimum Gasteiger partial charge on any atom is -0.323 e. The van der Waals surface area contributed by atoms with Gasteiger partial charge in [0.15, 0.2) is 0 Å². The standard InChI is InChI=1S/C13H15N5O/c1-9-6-12(17-14)11(8-16-9)13(19)18(2)10-4-3-5-15-7-10/h3-8H,14H2,1-2H3,(H,16,17). The summed E-state index contributed by atoms with van der Waals surface area (Å²) >= 11 is 0. The number of anilines is 2. The van der Waals surface area contributed by atoms with E-state index in [0.29, 0.717) is 16.9 Å². The molecule has 0 bridgehead atoms. The van der Waals surface area contributed by atoms with Crippen LogP contribution < -0.4 is 16.2 Å². The van der Waals surface area contributed by atoms with Gasteiger partial charge in [-0.15, -0.1) is 0 Å². The number of aromatic nitrogens is 2. The van der Waals surface area contributed by atoms with Crippen molar-refractivity contribution < 1.29 is 4.79 Å². The first kappa shape index (κ1) is 13.0. The summed E-state index contributed by atoms with van der Waals surface area (Å²) in [5.41, 5.74) is 4.98. The fourth-order valence-corrected chi connectivity index (χ4v) is 1.70. The molecule has 0 radical (unpaired) electrons. The molecule has 0 atom stereocenters. The van der Waals surface area contributed by atoms with Gasteiger partial charge in [0.1, 0.15) is 0 Å². The van der Waals surface area contributed by atoms with Crippen molar-refractivity contribution in [3.8, 4) is 0 Å². The Morgan fingerprint density at radius 2 is 2.21 bits per heavy atom. The summed E-state index contributed by atoms with van der Waals surface area (Å²) in [5.74, 6) is 5.23. The van der Waals surface area contributed by atoms with Crippen molar-refractivity contribution in [2.45, 2.75) is 6.92 Å². The van der Waals surface area contributed by atoms with Crippen molar-refractivity contribution >= 4 is 17.3 Å². The molecule has 0 aliphatic carbocycles. The van der Waals surface area contributed by atoms with Crippen LogP contribution in [0.3, 0.4) is 0 Å². The number of carbonyl (C=O) groups is 1. The summed E-state index contributed by atoms with van der Waals surface area (Å²) in [4.78, 5) is 22.0. The van der Waals surface area contributed by atoms with Gasteiger partial charge < -0.3 is 10.3 Å². The molecule has 2 heterocycles. The minimum absolute atomic E-state index is 0.201. The van der Waals surface area contributed by atoms with Gasteiger partial charge in [-0.2, -0.15) is 0 Å². The number of hydrazine groups is 1. The number of aryl methyl sites for hydroxylation is 1. The third-order valence-electron chi connectivity index (χ3n) is 2.76. The molecule has 1 amide bonds. The number of hydrogen-bond acceptors (Lipinski definition) is 5. The maximum Gasteiger partial charge on any atom is 0.261 e. The van der Waals surface area contributed by atoms with Gasteiger partial charge >= 0.3 is 0 Å². The summed E-state index contributed by atoms with van der Waals surface area (Å²) in [6.45, 7) is 1.83. The number of nitrogens with one attached hydrogen (secondary N) is 1. The summed E-state index contributed by atoms with van der Waals surface area (Å²) in [5, 5.41) is 0. The smallest absolute Gasteiger partial charge is 0.261 e. The molecule has 0 saturated heterocycles. The van der Waals surface area contributed by atoms with Crippen LogP contribution in [-0.2, 0) is 0 Å². The first-order chi connectivity index (χ1) is 9.13. The van der Waals surface area contributed by atoms with Gasteiger partial charge in [-0.05, 0) is 25.1 Å². The second-order valence-corrected chi connectivity index (χ2v) is 4.09. The second-order valence-electron chi connectivity index (χ2n) is 4.09. The van der Waals surface area contributed by atoms with Crippen LogP contribution in [0.25, 0.3) is 0 Å². The number of amides is 1. The van der Waals surface area contributed by atoms with Crippen LogP contribution in [0.1, 0.15) is 16.1 Å². The van der Waals surface area contributed by atoms with Gasteiger partial charge in [0.25, 0.3) is 5.91 Å². The predicted octanol–water partition coefficient (Wildman–Crippen LogP) is 1.35. The average molecular weight is 257 g/mol. The molecule has 2 aromatic heterocycles. The molecule has 0 spiro atoms. The Labute approximate surface area is 111 Å². The van der Waals surface area contributed by atoms with Crippen LogP contribution >= 0.6 is 0 Å². The minimum atomic E-state index is -0.201. The molecule has 19 heavy (non-hydrogen) atoms. The zero-order valence-electron chi connectivity index (χ0n) is 10.8. The van der Waals surface area contributed by atoms with E-state index in [9.17, 15) is 4.79 Å². The molecule has 0 fully saturated rings. The molecular formula is C13H15N5O. The predicted molar refractivity (Wildman–Crippen MR) is 73.8 cm³/mol. The topological polar surface area (TPSA) is 84.1 Å². The van der Waals surface area contributed by atoms with Crippen molar-refractivity contribution in [1.82, 2.24) is 9.97 Å². The van der Waals surface area contributed by atoms with Crippen LogP contribution in [0.2, 0.25) is 0 Å². The fourth-order valence-electron chi connectivity index (χ4n) is 1.70. The molecule has 98 valence electrons. The Bertz CT molecular complexity index is 585. The number of nitrogen functional groups attached to an aromatic ring is 1. The van der Waals surface area contributed by atoms with Crippen molar-refractivity contribution in [3.05, 3.63) is 48.0 Å².